The minimum atomic E-state index is -0.510. The van der Waals surface area contributed by atoms with Gasteiger partial charge in [0.05, 0.1) is 0 Å². The van der Waals surface area contributed by atoms with Crippen molar-refractivity contribution in [2.75, 3.05) is 0 Å². The number of hydrogen-bond acceptors (Lipinski definition) is 2. The highest BCUT2D eigenvalue weighted by Crippen LogP contribution is 2.16. The predicted octanol–water partition coefficient (Wildman–Crippen LogP) is 2.78. The molecule has 0 bridgehead atoms. The zero-order valence-electron chi connectivity index (χ0n) is 8.29. The summed E-state index contributed by atoms with van der Waals surface area (Å²) >= 11 is 0. The summed E-state index contributed by atoms with van der Waals surface area (Å²) in [5, 5.41) is 0. The van der Waals surface area contributed by atoms with Crippen molar-refractivity contribution in [3.8, 4) is 5.75 Å². The second-order valence-electron chi connectivity index (χ2n) is 3.50. The molecule has 0 heterocycles. The lowest BCUT2D eigenvalue weighted by atomic mass is 10.1. The van der Waals surface area contributed by atoms with Crippen LogP contribution in [-0.4, -0.2) is 5.97 Å². The number of carbonyl (C=O) groups is 1. The fourth-order valence-corrected chi connectivity index (χ4v) is 1.03. The van der Waals surface area contributed by atoms with E-state index in [0.29, 0.717) is 6.42 Å². The van der Waals surface area contributed by atoms with Gasteiger partial charge in [-0.2, -0.15) is 0 Å². The number of esters is 1. The van der Waals surface area contributed by atoms with Crippen LogP contribution in [-0.2, 0) is 4.79 Å². The lowest BCUT2D eigenvalue weighted by Gasteiger charge is -2.06. The maximum Gasteiger partial charge on any atom is 0.311 e. The molecule has 0 aromatic heterocycles. The number of carbonyl (C=O) groups excluding carboxylic acids is 1. The van der Waals surface area contributed by atoms with Gasteiger partial charge >= 0.3 is 5.97 Å². The van der Waals surface area contributed by atoms with E-state index in [1.165, 1.54) is 12.1 Å². The monoisotopic (exact) mass is 196 g/mol. The highest BCUT2D eigenvalue weighted by atomic mass is 19.1. The van der Waals surface area contributed by atoms with Crippen LogP contribution in [0, 0.1) is 11.7 Å². The Bertz CT molecular complexity index is 321. The Morgan fingerprint density at radius 1 is 1.43 bits per heavy atom. The van der Waals surface area contributed by atoms with Gasteiger partial charge in [-0.1, -0.05) is 26.0 Å². The number of para-hydroxylation sites is 1. The van der Waals surface area contributed by atoms with Gasteiger partial charge in [0, 0.05) is 6.42 Å². The molecule has 0 fully saturated rings. The second kappa shape index (κ2) is 4.74. The van der Waals surface area contributed by atoms with Gasteiger partial charge in [-0.25, -0.2) is 4.39 Å². The molecule has 0 saturated heterocycles. The molecule has 0 amide bonds. The number of rotatable bonds is 3. The molecule has 0 N–H and O–H groups in total. The van der Waals surface area contributed by atoms with E-state index in [0.717, 1.165) is 0 Å². The predicted molar refractivity (Wildman–Crippen MR) is 51.5 cm³/mol. The van der Waals surface area contributed by atoms with Crippen molar-refractivity contribution in [1.29, 1.82) is 0 Å². The molecule has 0 aliphatic rings. The summed E-state index contributed by atoms with van der Waals surface area (Å²) < 4.78 is 17.9. The zero-order chi connectivity index (χ0) is 10.6. The first-order valence-electron chi connectivity index (χ1n) is 4.55. The highest BCUT2D eigenvalue weighted by molar-refractivity contribution is 5.72. The Morgan fingerprint density at radius 3 is 2.64 bits per heavy atom. The Morgan fingerprint density at radius 2 is 2.07 bits per heavy atom. The summed E-state index contributed by atoms with van der Waals surface area (Å²) in [5.41, 5.74) is 0. The fraction of sp³-hybridized carbons (Fsp3) is 0.364. The van der Waals surface area contributed by atoms with E-state index < -0.39 is 11.8 Å². The Labute approximate surface area is 82.7 Å². The average Bonchev–Trinajstić information content (AvgIpc) is 2.07. The van der Waals surface area contributed by atoms with Gasteiger partial charge in [0.15, 0.2) is 11.6 Å². The van der Waals surface area contributed by atoms with Crippen LogP contribution in [0.25, 0.3) is 0 Å². The summed E-state index contributed by atoms with van der Waals surface area (Å²) in [6, 6.07) is 5.88. The number of ether oxygens (including phenoxy) is 1. The topological polar surface area (TPSA) is 26.3 Å². The molecule has 1 aromatic rings. The molecule has 2 nitrogen and oxygen atoms in total. The molecule has 3 heteroatoms. The van der Waals surface area contributed by atoms with E-state index in [1.807, 2.05) is 13.8 Å². The van der Waals surface area contributed by atoms with Gasteiger partial charge in [-0.05, 0) is 18.1 Å². The van der Waals surface area contributed by atoms with Crippen molar-refractivity contribution in [1.82, 2.24) is 0 Å². The number of halogens is 1. The zero-order valence-corrected chi connectivity index (χ0v) is 8.29. The SMILES string of the molecule is CC(C)CC(=O)Oc1ccccc1F. The van der Waals surface area contributed by atoms with Crippen LogP contribution in [0.1, 0.15) is 20.3 Å². The quantitative estimate of drug-likeness (QED) is 0.549. The molecule has 0 aliphatic carbocycles. The molecule has 14 heavy (non-hydrogen) atoms. The van der Waals surface area contributed by atoms with Crippen molar-refractivity contribution in [2.24, 2.45) is 5.92 Å². The molecule has 0 radical (unpaired) electrons. The first kappa shape index (κ1) is 10.7. The van der Waals surface area contributed by atoms with Crippen LogP contribution in [0.15, 0.2) is 24.3 Å². The summed E-state index contributed by atoms with van der Waals surface area (Å²) in [4.78, 5) is 11.2. The number of benzene rings is 1. The van der Waals surface area contributed by atoms with Gasteiger partial charge in [0.2, 0.25) is 0 Å². The number of hydrogen-bond donors (Lipinski definition) is 0. The van der Waals surface area contributed by atoms with Crippen molar-refractivity contribution in [2.45, 2.75) is 20.3 Å². The molecule has 1 rings (SSSR count). The summed E-state index contributed by atoms with van der Waals surface area (Å²) in [5.74, 6) is -0.692. The third kappa shape index (κ3) is 3.17. The molecule has 0 atom stereocenters. The van der Waals surface area contributed by atoms with E-state index in [1.54, 1.807) is 12.1 Å². The van der Waals surface area contributed by atoms with Gasteiger partial charge in [-0.3, -0.25) is 4.79 Å². The molecule has 0 spiro atoms. The Hall–Kier alpha value is -1.38. The summed E-state index contributed by atoms with van der Waals surface area (Å²) in [6.45, 7) is 3.81. The van der Waals surface area contributed by atoms with Crippen LogP contribution in [0.4, 0.5) is 4.39 Å². The van der Waals surface area contributed by atoms with Crippen LogP contribution in [0.3, 0.4) is 0 Å². The average molecular weight is 196 g/mol. The van der Waals surface area contributed by atoms with Crippen LogP contribution < -0.4 is 4.74 Å². The van der Waals surface area contributed by atoms with Crippen molar-refractivity contribution < 1.29 is 13.9 Å². The van der Waals surface area contributed by atoms with Crippen molar-refractivity contribution in [3.05, 3.63) is 30.1 Å². The largest absolute Gasteiger partial charge is 0.423 e. The molecule has 1 aromatic carbocycles. The first-order chi connectivity index (χ1) is 6.59. The summed E-state index contributed by atoms with van der Waals surface area (Å²) in [7, 11) is 0. The minimum Gasteiger partial charge on any atom is -0.423 e. The van der Waals surface area contributed by atoms with E-state index in [9.17, 15) is 9.18 Å². The van der Waals surface area contributed by atoms with Crippen LogP contribution in [0.5, 0.6) is 5.75 Å². The van der Waals surface area contributed by atoms with Crippen LogP contribution in [0.2, 0.25) is 0 Å². The third-order valence-corrected chi connectivity index (χ3v) is 1.64. The van der Waals surface area contributed by atoms with E-state index in [2.05, 4.69) is 0 Å². The first-order valence-corrected chi connectivity index (χ1v) is 4.55. The van der Waals surface area contributed by atoms with Gasteiger partial charge in [0.25, 0.3) is 0 Å². The molecule has 76 valence electrons. The normalized spacial score (nSPS) is 10.3. The molecule has 0 saturated carbocycles. The lowest BCUT2D eigenvalue weighted by molar-refractivity contribution is -0.135. The Balaban J connectivity index is 2.61. The van der Waals surface area contributed by atoms with Gasteiger partial charge in [0.1, 0.15) is 0 Å². The van der Waals surface area contributed by atoms with Gasteiger partial charge < -0.3 is 4.74 Å². The third-order valence-electron chi connectivity index (χ3n) is 1.64. The second-order valence-corrected chi connectivity index (χ2v) is 3.50. The highest BCUT2D eigenvalue weighted by Gasteiger charge is 2.09. The summed E-state index contributed by atoms with van der Waals surface area (Å²) in [6.07, 6.45) is 0.300. The van der Waals surface area contributed by atoms with E-state index >= 15 is 0 Å². The van der Waals surface area contributed by atoms with E-state index in [-0.39, 0.29) is 11.7 Å². The van der Waals surface area contributed by atoms with Gasteiger partial charge in [-0.15, -0.1) is 0 Å². The maximum atomic E-state index is 13.0. The molecule has 0 unspecified atom stereocenters. The van der Waals surface area contributed by atoms with Crippen molar-refractivity contribution in [3.63, 3.8) is 0 Å². The maximum absolute atomic E-state index is 13.0. The lowest BCUT2D eigenvalue weighted by Crippen LogP contribution is -2.11. The fourth-order valence-electron chi connectivity index (χ4n) is 1.03. The standard InChI is InChI=1S/C11H13FO2/c1-8(2)7-11(13)14-10-6-4-3-5-9(10)12/h3-6,8H,7H2,1-2H3. The van der Waals surface area contributed by atoms with Crippen LogP contribution >= 0.6 is 0 Å². The molecular weight excluding hydrogens is 183 g/mol. The minimum absolute atomic E-state index is 0.00171. The smallest absolute Gasteiger partial charge is 0.311 e. The molecular formula is C11H13FO2. The molecule has 0 aliphatic heterocycles. The van der Waals surface area contributed by atoms with Crippen molar-refractivity contribution >= 4 is 5.97 Å². The van der Waals surface area contributed by atoms with E-state index in [4.69, 9.17) is 4.74 Å². The Kier molecular flexibility index (Phi) is 3.63.